The summed E-state index contributed by atoms with van der Waals surface area (Å²) in [6.45, 7) is 5.25. The number of nitrogens with zero attached hydrogens (tertiary/aromatic N) is 2. The van der Waals surface area contributed by atoms with E-state index in [1.165, 1.54) is 6.92 Å². The van der Waals surface area contributed by atoms with E-state index in [-0.39, 0.29) is 18.2 Å². The minimum absolute atomic E-state index is 0.172. The van der Waals surface area contributed by atoms with E-state index in [1.54, 1.807) is 18.2 Å². The quantitative estimate of drug-likeness (QED) is 0.675. The molecule has 0 bridgehead atoms. The summed E-state index contributed by atoms with van der Waals surface area (Å²) in [7, 11) is 0. The molecule has 2 aromatic carbocycles. The normalized spacial score (nSPS) is 10.6. The van der Waals surface area contributed by atoms with E-state index in [1.807, 2.05) is 48.9 Å². The number of rotatable bonds is 5. The van der Waals surface area contributed by atoms with Crippen LogP contribution in [0.2, 0.25) is 5.02 Å². The van der Waals surface area contributed by atoms with Crippen LogP contribution >= 0.6 is 11.6 Å². The molecule has 0 atom stereocenters. The zero-order valence-electron chi connectivity index (χ0n) is 15.9. The Morgan fingerprint density at radius 2 is 1.79 bits per heavy atom. The highest BCUT2D eigenvalue weighted by atomic mass is 35.5. The first-order valence-electron chi connectivity index (χ1n) is 8.82. The summed E-state index contributed by atoms with van der Waals surface area (Å²) in [5.74, 6) is -0.403. The van der Waals surface area contributed by atoms with Crippen LogP contribution in [0.1, 0.15) is 23.9 Å². The molecule has 0 spiro atoms. The van der Waals surface area contributed by atoms with Crippen LogP contribution in [-0.2, 0) is 16.0 Å². The molecule has 2 amide bonds. The molecular formula is C21H21ClN4O2. The summed E-state index contributed by atoms with van der Waals surface area (Å²) >= 11 is 6.18. The van der Waals surface area contributed by atoms with Crippen molar-refractivity contribution >= 4 is 34.8 Å². The van der Waals surface area contributed by atoms with Gasteiger partial charge in [0.2, 0.25) is 11.8 Å². The molecule has 1 heterocycles. The molecule has 0 aliphatic heterocycles. The van der Waals surface area contributed by atoms with E-state index < -0.39 is 0 Å². The monoisotopic (exact) mass is 396 g/mol. The number of nitrogens with one attached hydrogen (secondary N) is 2. The summed E-state index contributed by atoms with van der Waals surface area (Å²) in [5.41, 5.74) is 4.54. The fraction of sp³-hybridized carbons (Fsp3) is 0.190. The lowest BCUT2D eigenvalue weighted by molar-refractivity contribution is -0.116. The highest BCUT2D eigenvalue weighted by Gasteiger charge is 2.17. The van der Waals surface area contributed by atoms with Crippen LogP contribution in [0.25, 0.3) is 5.69 Å². The molecule has 1 aromatic heterocycles. The van der Waals surface area contributed by atoms with Crippen molar-refractivity contribution in [3.63, 3.8) is 0 Å². The van der Waals surface area contributed by atoms with Gasteiger partial charge in [0.1, 0.15) is 0 Å². The third-order valence-electron chi connectivity index (χ3n) is 4.34. The molecule has 7 heteroatoms. The summed E-state index contributed by atoms with van der Waals surface area (Å²) < 4.78 is 1.84. The average molecular weight is 397 g/mol. The van der Waals surface area contributed by atoms with Crippen molar-refractivity contribution in [2.45, 2.75) is 27.2 Å². The average Bonchev–Trinajstić information content (AvgIpc) is 2.93. The Kier molecular flexibility index (Phi) is 5.80. The third-order valence-corrected chi connectivity index (χ3v) is 4.67. The maximum absolute atomic E-state index is 12.6. The molecule has 28 heavy (non-hydrogen) atoms. The van der Waals surface area contributed by atoms with Crippen molar-refractivity contribution in [1.82, 2.24) is 9.78 Å². The van der Waals surface area contributed by atoms with Crippen LogP contribution in [0.4, 0.5) is 11.4 Å². The molecule has 6 nitrogen and oxygen atoms in total. The van der Waals surface area contributed by atoms with Gasteiger partial charge in [-0.25, -0.2) is 4.68 Å². The van der Waals surface area contributed by atoms with Crippen LogP contribution < -0.4 is 10.6 Å². The topological polar surface area (TPSA) is 76.0 Å². The SMILES string of the molecule is CC(=O)Nc1ccc(Cl)c(NC(=O)Cc2c(C)nn(-c3ccccc3)c2C)c1. The maximum Gasteiger partial charge on any atom is 0.228 e. The number of benzene rings is 2. The minimum Gasteiger partial charge on any atom is -0.326 e. The molecule has 3 rings (SSSR count). The van der Waals surface area contributed by atoms with Crippen molar-refractivity contribution in [3.05, 3.63) is 70.5 Å². The van der Waals surface area contributed by atoms with Crippen LogP contribution in [0, 0.1) is 13.8 Å². The first-order valence-corrected chi connectivity index (χ1v) is 9.20. The number of aromatic nitrogens is 2. The first kappa shape index (κ1) is 19.6. The smallest absolute Gasteiger partial charge is 0.228 e. The van der Waals surface area contributed by atoms with E-state index in [4.69, 9.17) is 11.6 Å². The van der Waals surface area contributed by atoms with Gasteiger partial charge in [-0.1, -0.05) is 29.8 Å². The van der Waals surface area contributed by atoms with Crippen molar-refractivity contribution in [3.8, 4) is 5.69 Å². The molecular weight excluding hydrogens is 376 g/mol. The minimum atomic E-state index is -0.208. The molecule has 0 aliphatic rings. The van der Waals surface area contributed by atoms with Crippen LogP contribution in [0.3, 0.4) is 0 Å². The van der Waals surface area contributed by atoms with Gasteiger partial charge in [-0.05, 0) is 44.2 Å². The number of hydrogen-bond donors (Lipinski definition) is 2. The highest BCUT2D eigenvalue weighted by Crippen LogP contribution is 2.26. The molecule has 0 unspecified atom stereocenters. The van der Waals surface area contributed by atoms with Crippen molar-refractivity contribution < 1.29 is 9.59 Å². The van der Waals surface area contributed by atoms with Gasteiger partial charge in [-0.2, -0.15) is 5.10 Å². The molecule has 3 aromatic rings. The van der Waals surface area contributed by atoms with Gasteiger partial charge in [-0.15, -0.1) is 0 Å². The largest absolute Gasteiger partial charge is 0.326 e. The molecule has 0 radical (unpaired) electrons. The Labute approximate surface area is 168 Å². The molecule has 0 saturated heterocycles. The molecule has 144 valence electrons. The number of hydrogen-bond acceptors (Lipinski definition) is 3. The van der Waals surface area contributed by atoms with E-state index in [9.17, 15) is 9.59 Å². The van der Waals surface area contributed by atoms with E-state index in [0.717, 1.165) is 22.6 Å². The van der Waals surface area contributed by atoms with Crippen LogP contribution in [-0.4, -0.2) is 21.6 Å². The maximum atomic E-state index is 12.6. The van der Waals surface area contributed by atoms with E-state index in [2.05, 4.69) is 15.7 Å². The van der Waals surface area contributed by atoms with E-state index in [0.29, 0.717) is 16.4 Å². The van der Waals surface area contributed by atoms with E-state index >= 15 is 0 Å². The lowest BCUT2D eigenvalue weighted by Crippen LogP contribution is -2.16. The lowest BCUT2D eigenvalue weighted by Gasteiger charge is -2.10. The summed E-state index contributed by atoms with van der Waals surface area (Å²) in [4.78, 5) is 23.8. The number of anilines is 2. The Bertz CT molecular complexity index is 1030. The van der Waals surface area contributed by atoms with Gasteiger partial charge in [0.25, 0.3) is 0 Å². The molecule has 0 saturated carbocycles. The first-order chi connectivity index (χ1) is 13.3. The Morgan fingerprint density at radius 1 is 1.07 bits per heavy atom. The Hall–Kier alpha value is -3.12. The van der Waals surface area contributed by atoms with Crippen molar-refractivity contribution in [2.24, 2.45) is 0 Å². The number of halogens is 1. The zero-order valence-corrected chi connectivity index (χ0v) is 16.7. The predicted octanol–water partition coefficient (Wildman–Crippen LogP) is 4.28. The van der Waals surface area contributed by atoms with Crippen molar-refractivity contribution in [1.29, 1.82) is 0 Å². The molecule has 2 N–H and O–H groups in total. The highest BCUT2D eigenvalue weighted by molar-refractivity contribution is 6.33. The van der Waals surface area contributed by atoms with Gasteiger partial charge in [0.05, 0.1) is 28.5 Å². The number of amides is 2. The number of carbonyl (C=O) groups is 2. The van der Waals surface area contributed by atoms with Gasteiger partial charge in [0, 0.05) is 23.9 Å². The molecule has 0 aliphatic carbocycles. The fourth-order valence-electron chi connectivity index (χ4n) is 3.01. The summed E-state index contributed by atoms with van der Waals surface area (Å²) in [6.07, 6.45) is 0.172. The van der Waals surface area contributed by atoms with Gasteiger partial charge in [0.15, 0.2) is 0 Å². The third kappa shape index (κ3) is 4.40. The van der Waals surface area contributed by atoms with Gasteiger partial charge in [-0.3, -0.25) is 9.59 Å². The second-order valence-electron chi connectivity index (χ2n) is 6.50. The number of aryl methyl sites for hydroxylation is 1. The fourth-order valence-corrected chi connectivity index (χ4v) is 3.17. The number of carbonyl (C=O) groups excluding carboxylic acids is 2. The lowest BCUT2D eigenvalue weighted by atomic mass is 10.1. The second-order valence-corrected chi connectivity index (χ2v) is 6.90. The number of para-hydroxylation sites is 1. The second kappa shape index (κ2) is 8.27. The Morgan fingerprint density at radius 3 is 2.46 bits per heavy atom. The summed E-state index contributed by atoms with van der Waals surface area (Å²) in [5, 5.41) is 10.5. The molecule has 0 fully saturated rings. The van der Waals surface area contributed by atoms with Crippen LogP contribution in [0.5, 0.6) is 0 Å². The van der Waals surface area contributed by atoms with Gasteiger partial charge >= 0.3 is 0 Å². The summed E-state index contributed by atoms with van der Waals surface area (Å²) in [6, 6.07) is 14.7. The van der Waals surface area contributed by atoms with Crippen LogP contribution in [0.15, 0.2) is 48.5 Å². The van der Waals surface area contributed by atoms with Crippen molar-refractivity contribution in [2.75, 3.05) is 10.6 Å². The zero-order chi connectivity index (χ0) is 20.3. The standard InChI is InChI=1S/C21H21ClN4O2/c1-13-18(14(2)26(25-13)17-7-5-4-6-8-17)12-21(28)24-20-11-16(23-15(3)27)9-10-19(20)22/h4-11H,12H2,1-3H3,(H,23,27)(H,24,28). The Balaban J connectivity index is 1.79. The van der Waals surface area contributed by atoms with Gasteiger partial charge < -0.3 is 10.6 Å². The predicted molar refractivity (Wildman–Crippen MR) is 111 cm³/mol.